The summed E-state index contributed by atoms with van der Waals surface area (Å²) < 4.78 is 1.98. The number of fused-ring (bicyclic) bond motifs is 1. The van der Waals surface area contributed by atoms with Crippen LogP contribution in [0.5, 0.6) is 0 Å². The Hall–Kier alpha value is -2.14. The number of hydrogen-bond acceptors (Lipinski definition) is 3. The molecule has 5 nitrogen and oxygen atoms in total. The van der Waals surface area contributed by atoms with E-state index in [1.807, 2.05) is 4.68 Å². The maximum atomic E-state index is 12.8. The van der Waals surface area contributed by atoms with E-state index in [-0.39, 0.29) is 5.91 Å². The monoisotopic (exact) mass is 366 g/mol. The molecule has 1 saturated heterocycles. The van der Waals surface area contributed by atoms with E-state index in [9.17, 15) is 4.79 Å². The SMILES string of the molecule is Cc1ccc(-n2nc(C(=O)NCC(C)CN3CCCC3)c3c2CCC3)cc1. The Kier molecular flexibility index (Phi) is 5.30. The molecule has 1 aromatic carbocycles. The summed E-state index contributed by atoms with van der Waals surface area (Å²) in [6.45, 7) is 8.48. The van der Waals surface area contributed by atoms with Crippen molar-refractivity contribution in [3.63, 3.8) is 0 Å². The molecule has 0 bridgehead atoms. The molecule has 1 unspecified atom stereocenters. The molecule has 0 saturated carbocycles. The molecule has 0 radical (unpaired) electrons. The van der Waals surface area contributed by atoms with Gasteiger partial charge in [0, 0.05) is 24.3 Å². The van der Waals surface area contributed by atoms with Crippen LogP contribution in [0.2, 0.25) is 0 Å². The summed E-state index contributed by atoms with van der Waals surface area (Å²) in [5.74, 6) is 0.437. The number of likely N-dealkylation sites (tertiary alicyclic amines) is 1. The number of nitrogens with zero attached hydrogens (tertiary/aromatic N) is 3. The van der Waals surface area contributed by atoms with Gasteiger partial charge in [-0.3, -0.25) is 4.79 Å². The van der Waals surface area contributed by atoms with E-state index in [0.717, 1.165) is 37.1 Å². The van der Waals surface area contributed by atoms with Gasteiger partial charge < -0.3 is 10.2 Å². The Morgan fingerprint density at radius 3 is 2.63 bits per heavy atom. The van der Waals surface area contributed by atoms with E-state index in [2.05, 4.69) is 48.3 Å². The molecular weight excluding hydrogens is 336 g/mol. The van der Waals surface area contributed by atoms with Crippen LogP contribution in [0.1, 0.15) is 53.5 Å². The van der Waals surface area contributed by atoms with Gasteiger partial charge in [0.2, 0.25) is 0 Å². The lowest BCUT2D eigenvalue weighted by Gasteiger charge is -2.20. The van der Waals surface area contributed by atoms with Crippen LogP contribution in [0.15, 0.2) is 24.3 Å². The zero-order valence-corrected chi connectivity index (χ0v) is 16.5. The molecule has 27 heavy (non-hydrogen) atoms. The van der Waals surface area contributed by atoms with Crippen LogP contribution in [-0.4, -0.2) is 46.8 Å². The third kappa shape index (κ3) is 3.93. The minimum atomic E-state index is -0.0210. The highest BCUT2D eigenvalue weighted by Crippen LogP contribution is 2.28. The maximum Gasteiger partial charge on any atom is 0.272 e. The number of carbonyl (C=O) groups is 1. The Morgan fingerprint density at radius 1 is 1.15 bits per heavy atom. The van der Waals surface area contributed by atoms with E-state index in [0.29, 0.717) is 18.2 Å². The Bertz CT molecular complexity index is 802. The van der Waals surface area contributed by atoms with Crippen molar-refractivity contribution in [3.8, 4) is 5.69 Å². The van der Waals surface area contributed by atoms with Gasteiger partial charge >= 0.3 is 0 Å². The molecule has 4 rings (SSSR count). The molecule has 144 valence electrons. The molecule has 1 aliphatic carbocycles. The second-order valence-corrected chi connectivity index (χ2v) is 8.20. The Labute approximate surface area is 161 Å². The standard InChI is InChI=1S/C22H30N4O/c1-16-8-10-18(11-9-16)26-20-7-5-6-19(20)21(24-26)22(27)23-14-17(2)15-25-12-3-4-13-25/h8-11,17H,3-7,12-15H2,1-2H3,(H,23,27). The van der Waals surface area contributed by atoms with Gasteiger partial charge in [0.1, 0.15) is 0 Å². The molecular formula is C22H30N4O. The van der Waals surface area contributed by atoms with Crippen molar-refractivity contribution in [2.45, 2.75) is 46.0 Å². The highest BCUT2D eigenvalue weighted by Gasteiger charge is 2.27. The fourth-order valence-electron chi connectivity index (χ4n) is 4.34. The summed E-state index contributed by atoms with van der Waals surface area (Å²) in [6.07, 6.45) is 5.66. The summed E-state index contributed by atoms with van der Waals surface area (Å²) >= 11 is 0. The summed E-state index contributed by atoms with van der Waals surface area (Å²) in [4.78, 5) is 15.3. The van der Waals surface area contributed by atoms with E-state index in [1.165, 1.54) is 37.2 Å². The molecule has 1 aromatic heterocycles. The van der Waals surface area contributed by atoms with Crippen LogP contribution < -0.4 is 5.32 Å². The third-order valence-corrected chi connectivity index (χ3v) is 5.80. The summed E-state index contributed by atoms with van der Waals surface area (Å²) in [6, 6.07) is 8.36. The van der Waals surface area contributed by atoms with E-state index >= 15 is 0 Å². The first kappa shape index (κ1) is 18.2. The summed E-state index contributed by atoms with van der Waals surface area (Å²) in [5, 5.41) is 7.84. The van der Waals surface area contributed by atoms with Crippen molar-refractivity contribution in [3.05, 3.63) is 46.8 Å². The predicted molar refractivity (Wildman–Crippen MR) is 107 cm³/mol. The van der Waals surface area contributed by atoms with Crippen LogP contribution in [-0.2, 0) is 12.8 Å². The summed E-state index contributed by atoms with van der Waals surface area (Å²) in [7, 11) is 0. The number of aryl methyl sites for hydroxylation is 1. The molecule has 1 atom stereocenters. The van der Waals surface area contributed by atoms with Crippen molar-refractivity contribution in [1.29, 1.82) is 0 Å². The lowest BCUT2D eigenvalue weighted by molar-refractivity contribution is 0.0938. The first-order valence-corrected chi connectivity index (χ1v) is 10.3. The van der Waals surface area contributed by atoms with Gasteiger partial charge in [0.15, 0.2) is 5.69 Å². The van der Waals surface area contributed by atoms with Crippen molar-refractivity contribution in [2.75, 3.05) is 26.2 Å². The largest absolute Gasteiger partial charge is 0.350 e. The zero-order valence-electron chi connectivity index (χ0n) is 16.5. The molecule has 1 amide bonds. The molecule has 5 heteroatoms. The van der Waals surface area contributed by atoms with E-state index in [1.54, 1.807) is 0 Å². The van der Waals surface area contributed by atoms with E-state index in [4.69, 9.17) is 5.10 Å². The molecule has 2 heterocycles. The second-order valence-electron chi connectivity index (χ2n) is 8.20. The van der Waals surface area contributed by atoms with Gasteiger partial charge in [0.05, 0.1) is 5.69 Å². The van der Waals surface area contributed by atoms with Crippen LogP contribution in [0, 0.1) is 12.8 Å². The molecule has 0 spiro atoms. The normalized spacial score (nSPS) is 17.9. The Balaban J connectivity index is 1.46. The van der Waals surface area contributed by atoms with Crippen molar-refractivity contribution < 1.29 is 4.79 Å². The van der Waals surface area contributed by atoms with Crippen molar-refractivity contribution >= 4 is 5.91 Å². The average molecular weight is 367 g/mol. The number of nitrogens with one attached hydrogen (secondary N) is 1. The van der Waals surface area contributed by atoms with Crippen LogP contribution in [0.3, 0.4) is 0 Å². The van der Waals surface area contributed by atoms with E-state index < -0.39 is 0 Å². The smallest absolute Gasteiger partial charge is 0.272 e. The number of hydrogen-bond donors (Lipinski definition) is 1. The Morgan fingerprint density at radius 2 is 1.89 bits per heavy atom. The predicted octanol–water partition coefficient (Wildman–Crippen LogP) is 3.13. The van der Waals surface area contributed by atoms with Crippen molar-refractivity contribution in [1.82, 2.24) is 20.0 Å². The molecule has 1 aliphatic heterocycles. The highest BCUT2D eigenvalue weighted by molar-refractivity contribution is 5.94. The maximum absolute atomic E-state index is 12.8. The van der Waals surface area contributed by atoms with Crippen LogP contribution in [0.25, 0.3) is 5.69 Å². The molecule has 2 aromatic rings. The number of aromatic nitrogens is 2. The average Bonchev–Trinajstić information content (AvgIpc) is 3.38. The fraction of sp³-hybridized carbons (Fsp3) is 0.545. The van der Waals surface area contributed by atoms with Gasteiger partial charge in [-0.15, -0.1) is 0 Å². The minimum Gasteiger partial charge on any atom is -0.350 e. The van der Waals surface area contributed by atoms with Gasteiger partial charge in [-0.1, -0.05) is 24.6 Å². The van der Waals surface area contributed by atoms with Gasteiger partial charge in [-0.2, -0.15) is 5.10 Å². The summed E-state index contributed by atoms with van der Waals surface area (Å²) in [5.41, 5.74) is 5.23. The topological polar surface area (TPSA) is 50.2 Å². The number of amides is 1. The number of benzene rings is 1. The first-order valence-electron chi connectivity index (χ1n) is 10.3. The molecule has 1 N–H and O–H groups in total. The van der Waals surface area contributed by atoms with Crippen molar-refractivity contribution in [2.24, 2.45) is 5.92 Å². The number of rotatable bonds is 6. The lowest BCUT2D eigenvalue weighted by atomic mass is 10.1. The van der Waals surface area contributed by atoms with Gasteiger partial charge in [-0.05, 0) is 70.2 Å². The second kappa shape index (κ2) is 7.85. The molecule has 2 aliphatic rings. The molecule has 1 fully saturated rings. The zero-order chi connectivity index (χ0) is 18.8. The highest BCUT2D eigenvalue weighted by atomic mass is 16.1. The van der Waals surface area contributed by atoms with Gasteiger partial charge in [0.25, 0.3) is 5.91 Å². The van der Waals surface area contributed by atoms with Gasteiger partial charge in [-0.25, -0.2) is 4.68 Å². The fourth-order valence-corrected chi connectivity index (χ4v) is 4.34. The lowest BCUT2D eigenvalue weighted by Crippen LogP contribution is -2.35. The first-order chi connectivity index (χ1) is 13.1. The van der Waals surface area contributed by atoms with Crippen LogP contribution >= 0.6 is 0 Å². The quantitative estimate of drug-likeness (QED) is 0.854. The third-order valence-electron chi connectivity index (χ3n) is 5.80. The number of carbonyl (C=O) groups excluding carboxylic acids is 1. The van der Waals surface area contributed by atoms with Crippen LogP contribution in [0.4, 0.5) is 0 Å². The minimum absolute atomic E-state index is 0.0210.